The minimum Gasteiger partial charge on any atom is -0.206 e. The highest BCUT2D eigenvalue weighted by molar-refractivity contribution is 9.10. The van der Waals surface area contributed by atoms with Crippen LogP contribution in [0.2, 0.25) is 0 Å². The number of rotatable bonds is 2. The molecule has 80 valence electrons. The molecule has 0 heterocycles. The Morgan fingerprint density at radius 1 is 1.47 bits per heavy atom. The first-order valence-electron chi connectivity index (χ1n) is 4.93. The zero-order valence-corrected chi connectivity index (χ0v) is 10.5. The van der Waals surface area contributed by atoms with Crippen LogP contribution in [0.4, 0.5) is 4.39 Å². The fourth-order valence-electron chi connectivity index (χ4n) is 1.82. The van der Waals surface area contributed by atoms with Crippen LogP contribution in [0.15, 0.2) is 34.3 Å². The first-order valence-corrected chi connectivity index (χ1v) is 6.16. The van der Waals surface area contributed by atoms with Gasteiger partial charge in [-0.3, -0.25) is 0 Å². The molecule has 1 atom stereocenters. The van der Waals surface area contributed by atoms with Gasteiger partial charge < -0.3 is 0 Å². The van der Waals surface area contributed by atoms with E-state index in [0.29, 0.717) is 4.47 Å². The fraction of sp³-hybridized carbons (Fsp3) is 0.333. The number of benzene rings is 1. The third kappa shape index (κ3) is 2.61. The molecular weight excluding hydrogens is 278 g/mol. The van der Waals surface area contributed by atoms with Crippen LogP contribution in [0, 0.1) is 5.82 Å². The predicted molar refractivity (Wildman–Crippen MR) is 64.8 cm³/mol. The molecule has 0 bridgehead atoms. The summed E-state index contributed by atoms with van der Waals surface area (Å²) in [6.07, 6.45) is 4.90. The van der Waals surface area contributed by atoms with Crippen molar-refractivity contribution in [2.24, 2.45) is 0 Å². The third-order valence-corrected chi connectivity index (χ3v) is 3.84. The molecule has 3 heteroatoms. The molecule has 0 amide bonds. The van der Waals surface area contributed by atoms with Crippen molar-refractivity contribution in [1.29, 1.82) is 0 Å². The summed E-state index contributed by atoms with van der Waals surface area (Å²) in [5.41, 5.74) is 2.30. The van der Waals surface area contributed by atoms with E-state index in [4.69, 9.17) is 11.6 Å². The van der Waals surface area contributed by atoms with Gasteiger partial charge in [0.05, 0.1) is 9.85 Å². The van der Waals surface area contributed by atoms with Crippen LogP contribution in [0.1, 0.15) is 18.4 Å². The lowest BCUT2D eigenvalue weighted by atomic mass is 10.0. The number of hydrogen-bond acceptors (Lipinski definition) is 0. The monoisotopic (exact) mass is 288 g/mol. The van der Waals surface area contributed by atoms with Crippen LogP contribution >= 0.6 is 27.5 Å². The van der Waals surface area contributed by atoms with Crippen LogP contribution in [-0.2, 0) is 6.42 Å². The summed E-state index contributed by atoms with van der Waals surface area (Å²) in [7, 11) is 0. The number of halogens is 3. The van der Waals surface area contributed by atoms with Crippen molar-refractivity contribution in [3.05, 3.63) is 45.7 Å². The van der Waals surface area contributed by atoms with E-state index in [2.05, 4.69) is 22.0 Å². The molecule has 0 saturated heterocycles. The zero-order chi connectivity index (χ0) is 10.8. The number of alkyl halides is 1. The molecule has 0 saturated carbocycles. The fourth-order valence-corrected chi connectivity index (χ4v) is 2.51. The van der Waals surface area contributed by atoms with E-state index in [-0.39, 0.29) is 11.2 Å². The van der Waals surface area contributed by atoms with E-state index < -0.39 is 0 Å². The van der Waals surface area contributed by atoms with Crippen LogP contribution in [-0.4, -0.2) is 5.38 Å². The average molecular weight is 290 g/mol. The molecule has 1 aliphatic carbocycles. The maximum Gasteiger partial charge on any atom is 0.137 e. The van der Waals surface area contributed by atoms with Crippen molar-refractivity contribution in [2.45, 2.75) is 24.6 Å². The molecule has 0 aromatic heterocycles. The smallest absolute Gasteiger partial charge is 0.137 e. The Labute approximate surface area is 102 Å². The van der Waals surface area contributed by atoms with Crippen LogP contribution < -0.4 is 0 Å². The van der Waals surface area contributed by atoms with Crippen molar-refractivity contribution < 1.29 is 4.39 Å². The van der Waals surface area contributed by atoms with Gasteiger partial charge in [0.25, 0.3) is 0 Å². The molecule has 0 aliphatic heterocycles. The lowest BCUT2D eigenvalue weighted by Gasteiger charge is -2.05. The Bertz CT molecular complexity index is 401. The van der Waals surface area contributed by atoms with Crippen LogP contribution in [0.3, 0.4) is 0 Å². The third-order valence-electron chi connectivity index (χ3n) is 2.61. The summed E-state index contributed by atoms with van der Waals surface area (Å²) in [4.78, 5) is 0. The largest absolute Gasteiger partial charge is 0.206 e. The van der Waals surface area contributed by atoms with Gasteiger partial charge >= 0.3 is 0 Å². The Hall–Kier alpha value is -0.340. The highest BCUT2D eigenvalue weighted by atomic mass is 79.9. The molecular formula is C12H11BrClF. The second-order valence-electron chi connectivity index (χ2n) is 3.77. The maximum absolute atomic E-state index is 13.2. The molecule has 0 radical (unpaired) electrons. The lowest BCUT2D eigenvalue weighted by Crippen LogP contribution is -1.91. The second-order valence-corrected chi connectivity index (χ2v) is 5.12. The number of hydrogen-bond donors (Lipinski definition) is 0. The molecule has 0 nitrogen and oxygen atoms in total. The maximum atomic E-state index is 13.2. The van der Waals surface area contributed by atoms with E-state index in [0.717, 1.165) is 24.8 Å². The molecule has 1 aliphatic rings. The molecule has 0 spiro atoms. The summed E-state index contributed by atoms with van der Waals surface area (Å²) in [5.74, 6) is -0.200. The van der Waals surface area contributed by atoms with Gasteiger partial charge in [-0.1, -0.05) is 23.8 Å². The topological polar surface area (TPSA) is 0 Å². The van der Waals surface area contributed by atoms with Crippen molar-refractivity contribution in [1.82, 2.24) is 0 Å². The van der Waals surface area contributed by atoms with Gasteiger partial charge in [-0.25, -0.2) is 4.39 Å². The Kier molecular flexibility index (Phi) is 3.47. The average Bonchev–Trinajstić information content (AvgIpc) is 2.59. The Balaban J connectivity index is 2.18. The van der Waals surface area contributed by atoms with Gasteiger partial charge in [-0.2, -0.15) is 0 Å². The summed E-state index contributed by atoms with van der Waals surface area (Å²) in [5, 5.41) is 0.160. The molecule has 15 heavy (non-hydrogen) atoms. The van der Waals surface area contributed by atoms with Crippen molar-refractivity contribution in [2.75, 3.05) is 0 Å². The van der Waals surface area contributed by atoms with E-state index in [1.807, 2.05) is 6.07 Å². The quantitative estimate of drug-likeness (QED) is 0.557. The first kappa shape index (κ1) is 11.2. The highest BCUT2D eigenvalue weighted by Crippen LogP contribution is 2.29. The standard InChI is InChI=1S/C12H11BrClF/c13-12-9(2-1-3-11(12)15)6-8-4-5-10(14)7-8/h1-3,7,10H,4-6H2. The summed E-state index contributed by atoms with van der Waals surface area (Å²) >= 11 is 9.25. The lowest BCUT2D eigenvalue weighted by molar-refractivity contribution is 0.618. The van der Waals surface area contributed by atoms with E-state index in [1.165, 1.54) is 11.6 Å². The van der Waals surface area contributed by atoms with Gasteiger partial charge in [-0.15, -0.1) is 11.6 Å². The second kappa shape index (κ2) is 4.67. The number of allylic oxidation sites excluding steroid dienone is 2. The molecule has 1 aromatic rings. The summed E-state index contributed by atoms with van der Waals surface area (Å²) < 4.78 is 13.8. The van der Waals surface area contributed by atoms with Crippen molar-refractivity contribution in [3.8, 4) is 0 Å². The summed E-state index contributed by atoms with van der Waals surface area (Å²) in [6, 6.07) is 5.14. The van der Waals surface area contributed by atoms with Gasteiger partial charge in [0.15, 0.2) is 0 Å². The van der Waals surface area contributed by atoms with Gasteiger partial charge in [0.2, 0.25) is 0 Å². The minimum atomic E-state index is -0.200. The van der Waals surface area contributed by atoms with Crippen molar-refractivity contribution >= 4 is 27.5 Å². The van der Waals surface area contributed by atoms with E-state index in [1.54, 1.807) is 6.07 Å². The summed E-state index contributed by atoms with van der Waals surface area (Å²) in [6.45, 7) is 0. The normalized spacial score (nSPS) is 20.5. The predicted octanol–water partition coefficient (Wildman–Crippen LogP) is 4.46. The van der Waals surface area contributed by atoms with Crippen LogP contribution in [0.5, 0.6) is 0 Å². The minimum absolute atomic E-state index is 0.160. The Morgan fingerprint density at radius 2 is 2.27 bits per heavy atom. The molecule has 0 N–H and O–H groups in total. The highest BCUT2D eigenvalue weighted by Gasteiger charge is 2.14. The molecule has 2 rings (SSSR count). The molecule has 1 unspecified atom stereocenters. The molecule has 0 fully saturated rings. The van der Waals surface area contributed by atoms with Gasteiger partial charge in [0, 0.05) is 0 Å². The van der Waals surface area contributed by atoms with Gasteiger partial charge in [0.1, 0.15) is 5.82 Å². The van der Waals surface area contributed by atoms with Gasteiger partial charge in [-0.05, 0) is 46.8 Å². The van der Waals surface area contributed by atoms with E-state index in [9.17, 15) is 4.39 Å². The SMILES string of the molecule is Fc1cccc(CC2=CC(Cl)CC2)c1Br. The van der Waals surface area contributed by atoms with Crippen LogP contribution in [0.25, 0.3) is 0 Å². The van der Waals surface area contributed by atoms with E-state index >= 15 is 0 Å². The molecule has 1 aromatic carbocycles. The van der Waals surface area contributed by atoms with Crippen molar-refractivity contribution in [3.63, 3.8) is 0 Å². The zero-order valence-electron chi connectivity index (χ0n) is 8.14. The first-order chi connectivity index (χ1) is 7.16. The Morgan fingerprint density at radius 3 is 2.93 bits per heavy atom.